The number of nitrogens with zero attached hydrogens (tertiary/aromatic N) is 1. The van der Waals surface area contributed by atoms with Crippen LogP contribution in [0.25, 0.3) is 10.9 Å². The van der Waals surface area contributed by atoms with E-state index >= 15 is 0 Å². The Labute approximate surface area is 165 Å². The number of hydrogen-bond donors (Lipinski definition) is 1. The largest absolute Gasteiger partial charge is 0.486 e. The third-order valence-corrected chi connectivity index (χ3v) is 5.24. The molecule has 5 heteroatoms. The molecule has 1 N–H and O–H groups in total. The van der Waals surface area contributed by atoms with E-state index in [4.69, 9.17) is 9.47 Å². The summed E-state index contributed by atoms with van der Waals surface area (Å²) in [5.74, 6) is 1.69. The first-order chi connectivity index (χ1) is 13.7. The average Bonchev–Trinajstić information content (AvgIpc) is 3.15. The van der Waals surface area contributed by atoms with E-state index in [0.717, 1.165) is 29.9 Å². The molecule has 28 heavy (non-hydrogen) atoms. The van der Waals surface area contributed by atoms with Gasteiger partial charge in [-0.15, -0.1) is 0 Å². The van der Waals surface area contributed by atoms with Crippen LogP contribution < -0.4 is 9.47 Å². The molecule has 0 saturated carbocycles. The van der Waals surface area contributed by atoms with Gasteiger partial charge in [0.15, 0.2) is 17.6 Å². The standard InChI is InChI=1S/C23H26N2O3/c1-2-25(15-18-16-27-21-11-5-6-12-22(21)28-18)23(26)13-7-8-17-14-24-20-10-4-3-9-19(17)20/h3-6,9-12,14,18,24H,2,7-8,13,15-16H2,1H3. The minimum absolute atomic E-state index is 0.132. The van der Waals surface area contributed by atoms with Crippen molar-refractivity contribution in [3.05, 3.63) is 60.3 Å². The van der Waals surface area contributed by atoms with Crippen LogP contribution in [0, 0.1) is 0 Å². The maximum absolute atomic E-state index is 12.7. The Morgan fingerprint density at radius 2 is 1.93 bits per heavy atom. The van der Waals surface area contributed by atoms with Crippen LogP contribution in [0.15, 0.2) is 54.7 Å². The smallest absolute Gasteiger partial charge is 0.222 e. The third-order valence-electron chi connectivity index (χ3n) is 5.24. The van der Waals surface area contributed by atoms with E-state index in [1.165, 1.54) is 10.9 Å². The van der Waals surface area contributed by atoms with Crippen LogP contribution in [0.1, 0.15) is 25.3 Å². The molecule has 2 aromatic carbocycles. The van der Waals surface area contributed by atoms with Crippen LogP contribution in [-0.4, -0.2) is 41.6 Å². The summed E-state index contributed by atoms with van der Waals surface area (Å²) >= 11 is 0. The predicted octanol–water partition coefficient (Wildman–Crippen LogP) is 4.18. The number of hydrogen-bond acceptors (Lipinski definition) is 3. The van der Waals surface area contributed by atoms with E-state index in [1.807, 2.05) is 48.2 Å². The van der Waals surface area contributed by atoms with Crippen LogP contribution in [0.5, 0.6) is 11.5 Å². The fourth-order valence-corrected chi connectivity index (χ4v) is 3.73. The first kappa shape index (κ1) is 18.4. The van der Waals surface area contributed by atoms with Crippen molar-refractivity contribution in [3.8, 4) is 11.5 Å². The van der Waals surface area contributed by atoms with Crippen LogP contribution in [0.4, 0.5) is 0 Å². The second kappa shape index (κ2) is 8.38. The summed E-state index contributed by atoms with van der Waals surface area (Å²) in [5.41, 5.74) is 2.42. The van der Waals surface area contributed by atoms with Crippen molar-refractivity contribution >= 4 is 16.8 Å². The number of aromatic nitrogens is 1. The number of amides is 1. The molecule has 3 aromatic rings. The number of fused-ring (bicyclic) bond motifs is 2. The van der Waals surface area contributed by atoms with E-state index < -0.39 is 0 Å². The van der Waals surface area contributed by atoms with Crippen molar-refractivity contribution in [2.45, 2.75) is 32.3 Å². The van der Waals surface area contributed by atoms with Crippen LogP contribution in [-0.2, 0) is 11.2 Å². The summed E-state index contributed by atoms with van der Waals surface area (Å²) in [6.45, 7) is 3.70. The number of aromatic amines is 1. The Morgan fingerprint density at radius 3 is 2.79 bits per heavy atom. The van der Waals surface area contributed by atoms with Crippen molar-refractivity contribution in [3.63, 3.8) is 0 Å². The number of ether oxygens (including phenoxy) is 2. The molecule has 0 aliphatic carbocycles. The molecular weight excluding hydrogens is 352 g/mol. The second-order valence-electron chi connectivity index (χ2n) is 7.14. The molecule has 0 spiro atoms. The Bertz CT molecular complexity index is 950. The zero-order valence-electron chi connectivity index (χ0n) is 16.2. The number of rotatable bonds is 7. The topological polar surface area (TPSA) is 54.6 Å². The van der Waals surface area contributed by atoms with Gasteiger partial charge in [-0.25, -0.2) is 0 Å². The lowest BCUT2D eigenvalue weighted by atomic mass is 10.1. The molecule has 1 aliphatic heterocycles. The minimum atomic E-state index is -0.132. The molecule has 0 saturated heterocycles. The molecule has 0 fully saturated rings. The van der Waals surface area contributed by atoms with E-state index in [9.17, 15) is 4.79 Å². The zero-order valence-corrected chi connectivity index (χ0v) is 16.2. The predicted molar refractivity (Wildman–Crippen MR) is 110 cm³/mol. The van der Waals surface area contributed by atoms with Gasteiger partial charge in [0.1, 0.15) is 6.61 Å². The molecule has 2 heterocycles. The summed E-state index contributed by atoms with van der Waals surface area (Å²) in [4.78, 5) is 17.9. The Hall–Kier alpha value is -2.95. The van der Waals surface area contributed by atoms with E-state index in [2.05, 4.69) is 23.3 Å². The highest BCUT2D eigenvalue weighted by molar-refractivity contribution is 5.83. The van der Waals surface area contributed by atoms with Gasteiger partial charge >= 0.3 is 0 Å². The molecule has 4 rings (SSSR count). The first-order valence-electron chi connectivity index (χ1n) is 9.96. The summed E-state index contributed by atoms with van der Waals surface area (Å²) in [6, 6.07) is 15.9. The summed E-state index contributed by atoms with van der Waals surface area (Å²) in [5, 5.41) is 1.24. The molecule has 0 radical (unpaired) electrons. The molecule has 1 aliphatic rings. The molecule has 1 unspecified atom stereocenters. The Kier molecular flexibility index (Phi) is 5.51. The zero-order chi connectivity index (χ0) is 19.3. The first-order valence-corrected chi connectivity index (χ1v) is 9.96. The summed E-state index contributed by atoms with van der Waals surface area (Å²) in [7, 11) is 0. The Balaban J connectivity index is 1.29. The lowest BCUT2D eigenvalue weighted by molar-refractivity contribution is -0.132. The number of carbonyl (C=O) groups is 1. The number of carbonyl (C=O) groups excluding carboxylic acids is 1. The van der Waals surface area contributed by atoms with Crippen molar-refractivity contribution in [1.29, 1.82) is 0 Å². The van der Waals surface area contributed by atoms with E-state index in [1.54, 1.807) is 0 Å². The maximum Gasteiger partial charge on any atom is 0.222 e. The number of likely N-dealkylation sites (N-methyl/N-ethyl adjacent to an activating group) is 1. The van der Waals surface area contributed by atoms with Gasteiger partial charge in [-0.1, -0.05) is 30.3 Å². The highest BCUT2D eigenvalue weighted by atomic mass is 16.6. The molecule has 5 nitrogen and oxygen atoms in total. The van der Waals surface area contributed by atoms with Gasteiger partial charge < -0.3 is 19.4 Å². The van der Waals surface area contributed by atoms with Gasteiger partial charge in [0.05, 0.1) is 6.54 Å². The summed E-state index contributed by atoms with van der Waals surface area (Å²) in [6.07, 6.45) is 4.19. The lowest BCUT2D eigenvalue weighted by Gasteiger charge is -2.31. The lowest BCUT2D eigenvalue weighted by Crippen LogP contribution is -2.43. The number of para-hydroxylation sites is 3. The van der Waals surface area contributed by atoms with Crippen LogP contribution >= 0.6 is 0 Å². The van der Waals surface area contributed by atoms with Gasteiger partial charge in [-0.05, 0) is 43.5 Å². The normalized spacial score (nSPS) is 15.5. The van der Waals surface area contributed by atoms with Crippen LogP contribution in [0.2, 0.25) is 0 Å². The van der Waals surface area contributed by atoms with Crippen LogP contribution in [0.3, 0.4) is 0 Å². The monoisotopic (exact) mass is 378 g/mol. The van der Waals surface area contributed by atoms with Crippen molar-refractivity contribution in [1.82, 2.24) is 9.88 Å². The quantitative estimate of drug-likeness (QED) is 0.671. The number of aryl methyl sites for hydroxylation is 1. The van der Waals surface area contributed by atoms with Gasteiger partial charge in [0.25, 0.3) is 0 Å². The molecule has 0 bridgehead atoms. The SMILES string of the molecule is CCN(CC1COc2ccccc2O1)C(=O)CCCc1c[nH]c2ccccc12. The number of H-pyrrole nitrogens is 1. The third kappa shape index (κ3) is 3.98. The van der Waals surface area contributed by atoms with E-state index in [-0.39, 0.29) is 12.0 Å². The van der Waals surface area contributed by atoms with Gasteiger partial charge in [0, 0.05) is 30.1 Å². The average molecular weight is 378 g/mol. The summed E-state index contributed by atoms with van der Waals surface area (Å²) < 4.78 is 11.8. The Morgan fingerprint density at radius 1 is 1.14 bits per heavy atom. The van der Waals surface area contributed by atoms with Crippen molar-refractivity contribution < 1.29 is 14.3 Å². The van der Waals surface area contributed by atoms with Gasteiger partial charge in [0.2, 0.25) is 5.91 Å². The molecular formula is C23H26N2O3. The maximum atomic E-state index is 12.7. The second-order valence-corrected chi connectivity index (χ2v) is 7.14. The van der Waals surface area contributed by atoms with E-state index in [0.29, 0.717) is 26.1 Å². The molecule has 1 aromatic heterocycles. The molecule has 146 valence electrons. The van der Waals surface area contributed by atoms with Crippen molar-refractivity contribution in [2.24, 2.45) is 0 Å². The molecule has 1 amide bonds. The molecule has 1 atom stereocenters. The number of nitrogens with one attached hydrogen (secondary N) is 1. The highest BCUT2D eigenvalue weighted by Crippen LogP contribution is 2.31. The van der Waals surface area contributed by atoms with Crippen molar-refractivity contribution in [2.75, 3.05) is 19.7 Å². The minimum Gasteiger partial charge on any atom is -0.486 e. The highest BCUT2D eigenvalue weighted by Gasteiger charge is 2.24. The van der Waals surface area contributed by atoms with Gasteiger partial charge in [-0.2, -0.15) is 0 Å². The fraction of sp³-hybridized carbons (Fsp3) is 0.348. The fourth-order valence-electron chi connectivity index (χ4n) is 3.73. The number of benzene rings is 2. The van der Waals surface area contributed by atoms with Gasteiger partial charge in [-0.3, -0.25) is 4.79 Å².